The molecule has 2 aromatic carbocycles. The smallest absolute Gasteiger partial charge is 0.267 e. The molecule has 1 aliphatic rings. The van der Waals surface area contributed by atoms with Crippen LogP contribution >= 0.6 is 0 Å². The van der Waals surface area contributed by atoms with E-state index in [-0.39, 0.29) is 18.4 Å². The average Bonchev–Trinajstić information content (AvgIpc) is 2.68. The lowest BCUT2D eigenvalue weighted by Gasteiger charge is -2.33. The van der Waals surface area contributed by atoms with E-state index >= 15 is 0 Å². The number of fused-ring (bicyclic) bond motifs is 1. The number of nitrogens with zero attached hydrogens (tertiary/aromatic N) is 1. The highest BCUT2D eigenvalue weighted by molar-refractivity contribution is 6.01. The molecule has 142 valence electrons. The first-order valence-corrected chi connectivity index (χ1v) is 9.18. The van der Waals surface area contributed by atoms with Gasteiger partial charge in [-0.25, -0.2) is 0 Å². The van der Waals surface area contributed by atoms with E-state index in [0.717, 1.165) is 12.8 Å². The van der Waals surface area contributed by atoms with Crippen LogP contribution in [-0.2, 0) is 9.59 Å². The lowest BCUT2D eigenvalue weighted by Crippen LogP contribution is -2.44. The van der Waals surface area contributed by atoms with Gasteiger partial charge in [-0.1, -0.05) is 31.5 Å². The maximum absolute atomic E-state index is 12.5. The number of hydrogen-bond acceptors (Lipinski definition) is 4. The Balaban J connectivity index is 1.69. The normalized spacial score (nSPS) is 15.7. The predicted octanol–water partition coefficient (Wildman–Crippen LogP) is 3.62. The second-order valence-corrected chi connectivity index (χ2v) is 6.44. The molecule has 0 saturated heterocycles. The molecule has 2 amide bonds. The first kappa shape index (κ1) is 18.8. The van der Waals surface area contributed by atoms with Crippen LogP contribution in [0.1, 0.15) is 26.7 Å². The molecule has 6 heteroatoms. The average molecular weight is 368 g/mol. The number of nitrogens with one attached hydrogen (secondary N) is 1. The highest BCUT2D eigenvalue weighted by Crippen LogP contribution is 2.36. The van der Waals surface area contributed by atoms with Crippen LogP contribution in [0.15, 0.2) is 48.5 Å². The van der Waals surface area contributed by atoms with Gasteiger partial charge in [0.25, 0.3) is 11.8 Å². The Morgan fingerprint density at radius 2 is 2.00 bits per heavy atom. The van der Waals surface area contributed by atoms with Gasteiger partial charge >= 0.3 is 0 Å². The van der Waals surface area contributed by atoms with E-state index in [9.17, 15) is 9.59 Å². The van der Waals surface area contributed by atoms with Gasteiger partial charge in [0.05, 0.1) is 5.69 Å². The molecule has 1 heterocycles. The first-order chi connectivity index (χ1) is 13.1. The van der Waals surface area contributed by atoms with Gasteiger partial charge in [0, 0.05) is 12.2 Å². The van der Waals surface area contributed by atoms with Crippen LogP contribution < -0.4 is 19.7 Å². The third-order valence-electron chi connectivity index (χ3n) is 4.30. The summed E-state index contributed by atoms with van der Waals surface area (Å²) in [7, 11) is 0. The van der Waals surface area contributed by atoms with E-state index in [4.69, 9.17) is 9.47 Å². The summed E-state index contributed by atoms with van der Waals surface area (Å²) >= 11 is 0. The fraction of sp³-hybridized carbons (Fsp3) is 0.333. The largest absolute Gasteiger partial charge is 0.484 e. The molecule has 1 N–H and O–H groups in total. The maximum atomic E-state index is 12.5. The molecule has 0 aromatic heterocycles. The monoisotopic (exact) mass is 368 g/mol. The van der Waals surface area contributed by atoms with Gasteiger partial charge in [-0.05, 0) is 43.7 Å². The fourth-order valence-corrected chi connectivity index (χ4v) is 2.89. The van der Waals surface area contributed by atoms with Crippen molar-refractivity contribution in [2.24, 2.45) is 0 Å². The first-order valence-electron chi connectivity index (χ1n) is 9.18. The molecule has 0 saturated carbocycles. The third kappa shape index (κ3) is 4.58. The zero-order chi connectivity index (χ0) is 19.2. The molecule has 6 nitrogen and oxygen atoms in total. The number of carbonyl (C=O) groups excluding carboxylic acids is 2. The van der Waals surface area contributed by atoms with Crippen molar-refractivity contribution in [3.63, 3.8) is 0 Å². The van der Waals surface area contributed by atoms with Gasteiger partial charge in [0.2, 0.25) is 0 Å². The van der Waals surface area contributed by atoms with Crippen LogP contribution in [0.3, 0.4) is 0 Å². The fourth-order valence-electron chi connectivity index (χ4n) is 2.89. The van der Waals surface area contributed by atoms with Crippen molar-refractivity contribution in [2.45, 2.75) is 32.8 Å². The zero-order valence-corrected chi connectivity index (χ0v) is 15.6. The van der Waals surface area contributed by atoms with Crippen molar-refractivity contribution in [3.05, 3.63) is 48.5 Å². The summed E-state index contributed by atoms with van der Waals surface area (Å²) in [5.74, 6) is 0.954. The van der Waals surface area contributed by atoms with Crippen LogP contribution in [0.5, 0.6) is 11.5 Å². The molecule has 3 rings (SSSR count). The number of unbranched alkanes of at least 4 members (excludes halogenated alkanes) is 1. The standard InChI is InChI=1S/C21H24N2O4/c1-3-4-12-23-18-13-16(10-11-19(18)27-15(2)21(23)25)22-20(24)14-26-17-8-6-5-7-9-17/h5-11,13,15H,3-4,12,14H2,1-2H3,(H,22,24). The van der Waals surface area contributed by atoms with Crippen LogP contribution in [0.4, 0.5) is 11.4 Å². The lowest BCUT2D eigenvalue weighted by atomic mass is 10.1. The molecule has 1 atom stereocenters. The van der Waals surface area contributed by atoms with Crippen molar-refractivity contribution in [1.29, 1.82) is 0 Å². The lowest BCUT2D eigenvalue weighted by molar-refractivity contribution is -0.125. The quantitative estimate of drug-likeness (QED) is 0.811. The predicted molar refractivity (Wildman–Crippen MR) is 104 cm³/mol. The zero-order valence-electron chi connectivity index (χ0n) is 15.6. The molecule has 0 radical (unpaired) electrons. The topological polar surface area (TPSA) is 67.9 Å². The van der Waals surface area contributed by atoms with E-state index in [1.54, 1.807) is 42.2 Å². The van der Waals surface area contributed by atoms with Crippen LogP contribution in [0.25, 0.3) is 0 Å². The van der Waals surface area contributed by atoms with E-state index in [0.29, 0.717) is 29.4 Å². The molecular weight excluding hydrogens is 344 g/mol. The molecule has 27 heavy (non-hydrogen) atoms. The molecule has 1 unspecified atom stereocenters. The van der Waals surface area contributed by atoms with E-state index in [1.165, 1.54) is 0 Å². The number of anilines is 2. The molecule has 0 fully saturated rings. The summed E-state index contributed by atoms with van der Waals surface area (Å²) in [6.07, 6.45) is 1.38. The van der Waals surface area contributed by atoms with Gasteiger partial charge in [0.1, 0.15) is 11.5 Å². The second-order valence-electron chi connectivity index (χ2n) is 6.44. The van der Waals surface area contributed by atoms with Crippen LogP contribution in [0.2, 0.25) is 0 Å². The summed E-state index contributed by atoms with van der Waals surface area (Å²) in [5, 5.41) is 2.81. The Kier molecular flexibility index (Phi) is 5.96. The summed E-state index contributed by atoms with van der Waals surface area (Å²) in [6.45, 7) is 4.37. The van der Waals surface area contributed by atoms with Crippen molar-refractivity contribution < 1.29 is 19.1 Å². The molecule has 0 spiro atoms. The van der Waals surface area contributed by atoms with Crippen LogP contribution in [0, 0.1) is 0 Å². The van der Waals surface area contributed by atoms with Gasteiger partial charge < -0.3 is 19.7 Å². The Morgan fingerprint density at radius 3 is 2.74 bits per heavy atom. The molecule has 1 aliphatic heterocycles. The second kappa shape index (κ2) is 8.58. The Morgan fingerprint density at radius 1 is 1.22 bits per heavy atom. The number of hydrogen-bond donors (Lipinski definition) is 1. The van der Waals surface area contributed by atoms with Gasteiger partial charge in [-0.3, -0.25) is 9.59 Å². The molecule has 0 bridgehead atoms. The van der Waals surface area contributed by atoms with Crippen molar-refractivity contribution in [1.82, 2.24) is 0 Å². The summed E-state index contributed by atoms with van der Waals surface area (Å²) < 4.78 is 11.1. The Bertz CT molecular complexity index is 807. The van der Waals surface area contributed by atoms with Gasteiger partial charge in [0.15, 0.2) is 12.7 Å². The molecular formula is C21H24N2O4. The Labute approximate surface area is 159 Å². The van der Waals surface area contributed by atoms with Gasteiger partial charge in [-0.15, -0.1) is 0 Å². The number of ether oxygens (including phenoxy) is 2. The molecule has 0 aliphatic carbocycles. The molecule has 2 aromatic rings. The minimum atomic E-state index is -0.505. The van der Waals surface area contributed by atoms with E-state index in [1.807, 2.05) is 18.2 Å². The van der Waals surface area contributed by atoms with Crippen LogP contribution in [-0.4, -0.2) is 31.1 Å². The van der Waals surface area contributed by atoms with Crippen molar-refractivity contribution >= 4 is 23.2 Å². The van der Waals surface area contributed by atoms with Crippen molar-refractivity contribution in [3.8, 4) is 11.5 Å². The summed E-state index contributed by atoms with van der Waals surface area (Å²) in [5.41, 5.74) is 1.29. The number of rotatable bonds is 7. The Hall–Kier alpha value is -3.02. The minimum Gasteiger partial charge on any atom is -0.484 e. The van der Waals surface area contributed by atoms with Gasteiger partial charge in [-0.2, -0.15) is 0 Å². The summed E-state index contributed by atoms with van der Waals surface area (Å²) in [4.78, 5) is 26.4. The van der Waals surface area contributed by atoms with E-state index < -0.39 is 6.10 Å². The number of amides is 2. The highest BCUT2D eigenvalue weighted by Gasteiger charge is 2.31. The SMILES string of the molecule is CCCCN1C(=O)C(C)Oc2ccc(NC(=O)COc3ccccc3)cc21. The van der Waals surface area contributed by atoms with E-state index in [2.05, 4.69) is 12.2 Å². The highest BCUT2D eigenvalue weighted by atomic mass is 16.5. The third-order valence-corrected chi connectivity index (χ3v) is 4.30. The van der Waals surface area contributed by atoms with Crippen molar-refractivity contribution in [2.75, 3.05) is 23.4 Å². The summed E-state index contributed by atoms with van der Waals surface area (Å²) in [6, 6.07) is 14.5. The number of benzene rings is 2. The number of para-hydroxylation sites is 1. The maximum Gasteiger partial charge on any atom is 0.267 e. The number of carbonyl (C=O) groups is 2. The minimum absolute atomic E-state index is 0.0631.